The molecule has 35 heavy (non-hydrogen) atoms. The van der Waals surface area contributed by atoms with Gasteiger partial charge >= 0.3 is 6.18 Å². The van der Waals surface area contributed by atoms with Gasteiger partial charge in [-0.15, -0.1) is 0 Å². The highest BCUT2D eigenvalue weighted by Gasteiger charge is 2.32. The minimum absolute atomic E-state index is 0.0180. The molecule has 3 aromatic carbocycles. The van der Waals surface area contributed by atoms with E-state index in [4.69, 9.17) is 44.3 Å². The van der Waals surface area contributed by atoms with Crippen LogP contribution in [0.15, 0.2) is 53.4 Å². The van der Waals surface area contributed by atoms with Crippen LogP contribution in [0, 0.1) is 0 Å². The second kappa shape index (κ2) is 9.55. The van der Waals surface area contributed by atoms with E-state index < -0.39 is 31.7 Å². The summed E-state index contributed by atoms with van der Waals surface area (Å²) in [5.41, 5.74) is -0.657. The molecule has 0 aliphatic rings. The molecule has 0 bridgehead atoms. The number of ether oxygens (including phenoxy) is 2. The summed E-state index contributed by atoms with van der Waals surface area (Å²) < 4.78 is 78.4. The SMILES string of the molecule is COc1ccc2nc(Oc3c(Cl)cc(NS(=O)(=O)c4cc(Cl)cc(C(F)(F)F)c4)cc3Cl)sc2c1. The molecule has 0 spiro atoms. The fourth-order valence-electron chi connectivity index (χ4n) is 2.95. The van der Waals surface area contributed by atoms with Crippen molar-refractivity contribution in [2.75, 3.05) is 11.8 Å². The number of methoxy groups -OCH3 is 1. The number of alkyl halides is 3. The topological polar surface area (TPSA) is 77.5 Å². The van der Waals surface area contributed by atoms with Crippen molar-refractivity contribution < 1.29 is 31.1 Å². The molecule has 0 saturated heterocycles. The van der Waals surface area contributed by atoms with Crippen LogP contribution < -0.4 is 14.2 Å². The summed E-state index contributed by atoms with van der Waals surface area (Å²) in [5.74, 6) is 0.659. The van der Waals surface area contributed by atoms with Crippen LogP contribution in [-0.4, -0.2) is 20.5 Å². The molecule has 4 aromatic rings. The van der Waals surface area contributed by atoms with Crippen molar-refractivity contribution in [3.05, 3.63) is 69.2 Å². The Labute approximate surface area is 216 Å². The summed E-state index contributed by atoms with van der Waals surface area (Å²) in [6.07, 6.45) is -4.79. The molecule has 1 heterocycles. The van der Waals surface area contributed by atoms with E-state index in [0.717, 1.165) is 10.8 Å². The summed E-state index contributed by atoms with van der Waals surface area (Å²) in [7, 11) is -2.92. The highest BCUT2D eigenvalue weighted by molar-refractivity contribution is 7.92. The maximum absolute atomic E-state index is 13.1. The minimum Gasteiger partial charge on any atom is -0.497 e. The molecular weight excluding hydrogens is 572 g/mol. The molecule has 14 heteroatoms. The maximum Gasteiger partial charge on any atom is 0.416 e. The summed E-state index contributed by atoms with van der Waals surface area (Å²) in [6.45, 7) is 0. The molecule has 0 fully saturated rings. The van der Waals surface area contributed by atoms with Crippen molar-refractivity contribution in [3.8, 4) is 16.7 Å². The van der Waals surface area contributed by atoms with Crippen molar-refractivity contribution in [2.45, 2.75) is 11.1 Å². The summed E-state index contributed by atoms with van der Waals surface area (Å²) in [5, 5.41) is -0.291. The van der Waals surface area contributed by atoms with Crippen LogP contribution in [0.25, 0.3) is 10.2 Å². The number of anilines is 1. The van der Waals surface area contributed by atoms with Crippen LogP contribution in [0.2, 0.25) is 15.1 Å². The minimum atomic E-state index is -4.79. The maximum atomic E-state index is 13.1. The van der Waals surface area contributed by atoms with E-state index in [1.807, 2.05) is 0 Å². The normalized spacial score (nSPS) is 12.1. The predicted molar refractivity (Wildman–Crippen MR) is 130 cm³/mol. The van der Waals surface area contributed by atoms with E-state index in [1.54, 1.807) is 18.2 Å². The lowest BCUT2D eigenvalue weighted by atomic mass is 10.2. The second-order valence-corrected chi connectivity index (χ2v) is 10.9. The lowest BCUT2D eigenvalue weighted by molar-refractivity contribution is -0.137. The first-order valence-electron chi connectivity index (χ1n) is 9.38. The lowest BCUT2D eigenvalue weighted by Gasteiger charge is -2.14. The van der Waals surface area contributed by atoms with Crippen molar-refractivity contribution in [1.29, 1.82) is 0 Å². The Balaban J connectivity index is 1.61. The molecule has 184 valence electrons. The third-order valence-electron chi connectivity index (χ3n) is 4.52. The number of hydrogen-bond acceptors (Lipinski definition) is 6. The Morgan fingerprint density at radius 2 is 1.69 bits per heavy atom. The van der Waals surface area contributed by atoms with Gasteiger partial charge in [0, 0.05) is 5.02 Å². The van der Waals surface area contributed by atoms with Crippen LogP contribution >= 0.6 is 46.1 Å². The second-order valence-electron chi connectivity index (χ2n) is 6.96. The van der Waals surface area contributed by atoms with Gasteiger partial charge in [-0.1, -0.05) is 46.1 Å². The average Bonchev–Trinajstić information content (AvgIpc) is 3.16. The third kappa shape index (κ3) is 5.70. The van der Waals surface area contributed by atoms with Gasteiger partial charge in [0.15, 0.2) is 5.75 Å². The first-order chi connectivity index (χ1) is 16.4. The Kier molecular flexibility index (Phi) is 7.00. The first kappa shape index (κ1) is 25.6. The molecule has 0 aliphatic heterocycles. The zero-order chi connectivity index (χ0) is 25.5. The van der Waals surface area contributed by atoms with Gasteiger partial charge in [-0.2, -0.15) is 13.2 Å². The lowest BCUT2D eigenvalue weighted by Crippen LogP contribution is -2.15. The number of hydrogen-bond donors (Lipinski definition) is 1. The Morgan fingerprint density at radius 3 is 2.31 bits per heavy atom. The Morgan fingerprint density at radius 1 is 1.00 bits per heavy atom. The summed E-state index contributed by atoms with van der Waals surface area (Å²) in [4.78, 5) is 3.65. The number of nitrogens with one attached hydrogen (secondary N) is 1. The zero-order valence-corrected chi connectivity index (χ0v) is 21.2. The number of nitrogens with zero attached hydrogens (tertiary/aromatic N) is 1. The van der Waals surface area contributed by atoms with Crippen molar-refractivity contribution in [2.24, 2.45) is 0 Å². The van der Waals surface area contributed by atoms with Gasteiger partial charge in [0.05, 0.1) is 43.5 Å². The Bertz CT molecular complexity index is 1520. The molecule has 6 nitrogen and oxygen atoms in total. The predicted octanol–water partition coefficient (Wildman–Crippen LogP) is 7.88. The molecule has 0 aliphatic carbocycles. The Hall–Kier alpha value is -2.44. The third-order valence-corrected chi connectivity index (χ3v) is 7.56. The van der Waals surface area contributed by atoms with Gasteiger partial charge < -0.3 is 9.47 Å². The standard InChI is InChI=1S/C21H12Cl3F3N2O4S2/c1-32-13-2-3-17-18(9-13)34-20(28-17)33-19-15(23)7-12(8-16(19)24)29-35(30,31)14-5-10(21(25,26)27)4-11(22)6-14/h2-9,29H,1H3. The van der Waals surface area contributed by atoms with Crippen molar-refractivity contribution >= 4 is 72.1 Å². The van der Waals surface area contributed by atoms with E-state index in [0.29, 0.717) is 23.4 Å². The van der Waals surface area contributed by atoms with Crippen LogP contribution in [0.3, 0.4) is 0 Å². The molecule has 0 amide bonds. The number of benzene rings is 3. The van der Waals surface area contributed by atoms with E-state index in [9.17, 15) is 21.6 Å². The molecule has 0 unspecified atom stereocenters. The fraction of sp³-hybridized carbons (Fsp3) is 0.0952. The zero-order valence-electron chi connectivity index (χ0n) is 17.3. The largest absolute Gasteiger partial charge is 0.497 e. The number of halogens is 6. The van der Waals surface area contributed by atoms with Gasteiger partial charge in [0.1, 0.15) is 5.75 Å². The fourth-order valence-corrected chi connectivity index (χ4v) is 5.78. The van der Waals surface area contributed by atoms with E-state index in [-0.39, 0.29) is 26.7 Å². The average molecular weight is 584 g/mol. The molecular formula is C21H12Cl3F3N2O4S2. The number of aromatic nitrogens is 1. The van der Waals surface area contributed by atoms with Gasteiger partial charge in [-0.3, -0.25) is 4.72 Å². The summed E-state index contributed by atoms with van der Waals surface area (Å²) in [6, 6.07) is 9.65. The number of rotatable bonds is 6. The number of thiazole rings is 1. The molecule has 0 radical (unpaired) electrons. The van der Waals surface area contributed by atoms with E-state index in [2.05, 4.69) is 9.71 Å². The van der Waals surface area contributed by atoms with Crippen LogP contribution in [0.4, 0.5) is 18.9 Å². The molecule has 1 aromatic heterocycles. The van der Waals surface area contributed by atoms with Crippen LogP contribution in [-0.2, 0) is 16.2 Å². The molecule has 4 rings (SSSR count). The first-order valence-corrected chi connectivity index (χ1v) is 12.8. The van der Waals surface area contributed by atoms with Crippen LogP contribution in [0.5, 0.6) is 16.7 Å². The monoisotopic (exact) mass is 582 g/mol. The van der Waals surface area contributed by atoms with Gasteiger partial charge in [-0.25, -0.2) is 13.4 Å². The van der Waals surface area contributed by atoms with Gasteiger partial charge in [-0.05, 0) is 48.5 Å². The van der Waals surface area contributed by atoms with Crippen LogP contribution in [0.1, 0.15) is 5.56 Å². The van der Waals surface area contributed by atoms with Gasteiger partial charge in [0.2, 0.25) is 0 Å². The molecule has 0 saturated carbocycles. The number of fused-ring (bicyclic) bond motifs is 1. The quantitative estimate of drug-likeness (QED) is 0.250. The van der Waals surface area contributed by atoms with E-state index in [1.165, 1.54) is 30.6 Å². The number of sulfonamides is 1. The van der Waals surface area contributed by atoms with Gasteiger partial charge in [0.25, 0.3) is 15.2 Å². The molecule has 1 N–H and O–H groups in total. The van der Waals surface area contributed by atoms with E-state index >= 15 is 0 Å². The van der Waals surface area contributed by atoms with Crippen molar-refractivity contribution in [3.63, 3.8) is 0 Å². The molecule has 0 atom stereocenters. The summed E-state index contributed by atoms with van der Waals surface area (Å²) >= 11 is 19.4. The van der Waals surface area contributed by atoms with Crippen molar-refractivity contribution in [1.82, 2.24) is 4.98 Å². The highest BCUT2D eigenvalue weighted by atomic mass is 35.5. The highest BCUT2D eigenvalue weighted by Crippen LogP contribution is 2.42. The smallest absolute Gasteiger partial charge is 0.416 e.